The second kappa shape index (κ2) is 4.97. The number of hydrogen-bond donors (Lipinski definition) is 1. The van der Waals surface area contributed by atoms with Crippen LogP contribution in [0.1, 0.15) is 52.4 Å². The lowest BCUT2D eigenvalue weighted by atomic mass is 9.75. The fraction of sp³-hybridized carbons (Fsp3) is 0.929. The highest BCUT2D eigenvalue weighted by atomic mass is 16.2. The van der Waals surface area contributed by atoms with Gasteiger partial charge in [-0.3, -0.25) is 4.79 Å². The highest BCUT2D eigenvalue weighted by molar-refractivity contribution is 5.77. The quantitative estimate of drug-likeness (QED) is 0.801. The van der Waals surface area contributed by atoms with Crippen molar-refractivity contribution in [3.8, 4) is 0 Å². The molecule has 17 heavy (non-hydrogen) atoms. The standard InChI is InChI=1S/C14H26N2O/c1-14(2,15)9-13(17)16-8-7-11-5-3-4-6-12(11)10-16/h11-12H,3-10,15H2,1-2H3. The lowest BCUT2D eigenvalue weighted by molar-refractivity contribution is -0.135. The maximum atomic E-state index is 12.1. The molecule has 2 N–H and O–H groups in total. The van der Waals surface area contributed by atoms with E-state index in [1.165, 1.54) is 32.1 Å². The minimum atomic E-state index is -0.375. The highest BCUT2D eigenvalue weighted by Crippen LogP contribution is 2.36. The third-order valence-corrected chi connectivity index (χ3v) is 4.25. The van der Waals surface area contributed by atoms with Gasteiger partial charge in [0, 0.05) is 25.0 Å². The highest BCUT2D eigenvalue weighted by Gasteiger charge is 2.33. The molecule has 1 saturated heterocycles. The van der Waals surface area contributed by atoms with Gasteiger partial charge < -0.3 is 10.6 Å². The first-order valence-corrected chi connectivity index (χ1v) is 7.02. The average Bonchev–Trinajstić information content (AvgIpc) is 2.26. The second-order valence-electron chi connectivity index (χ2n) is 6.60. The molecule has 2 fully saturated rings. The monoisotopic (exact) mass is 238 g/mol. The van der Waals surface area contributed by atoms with Crippen molar-refractivity contribution in [3.05, 3.63) is 0 Å². The van der Waals surface area contributed by atoms with E-state index in [9.17, 15) is 4.79 Å². The van der Waals surface area contributed by atoms with Crippen LogP contribution >= 0.6 is 0 Å². The van der Waals surface area contributed by atoms with Gasteiger partial charge in [0.2, 0.25) is 5.91 Å². The molecule has 0 aromatic rings. The zero-order chi connectivity index (χ0) is 12.5. The van der Waals surface area contributed by atoms with Crippen molar-refractivity contribution in [1.82, 2.24) is 4.90 Å². The van der Waals surface area contributed by atoms with Crippen molar-refractivity contribution in [3.63, 3.8) is 0 Å². The largest absolute Gasteiger partial charge is 0.342 e. The van der Waals surface area contributed by atoms with Gasteiger partial charge in [0.1, 0.15) is 0 Å². The summed E-state index contributed by atoms with van der Waals surface area (Å²) in [5.41, 5.74) is 5.55. The molecule has 2 aliphatic rings. The van der Waals surface area contributed by atoms with E-state index >= 15 is 0 Å². The molecule has 0 aromatic carbocycles. The zero-order valence-corrected chi connectivity index (χ0v) is 11.2. The molecule has 1 aliphatic carbocycles. The molecule has 0 spiro atoms. The molecule has 0 bridgehead atoms. The molecule has 0 radical (unpaired) electrons. The summed E-state index contributed by atoms with van der Waals surface area (Å²) in [6.07, 6.45) is 7.14. The molecule has 1 aliphatic heterocycles. The van der Waals surface area contributed by atoms with E-state index in [-0.39, 0.29) is 11.4 Å². The van der Waals surface area contributed by atoms with Crippen LogP contribution in [-0.2, 0) is 4.79 Å². The van der Waals surface area contributed by atoms with E-state index in [1.54, 1.807) is 0 Å². The van der Waals surface area contributed by atoms with Crippen LogP contribution in [0.5, 0.6) is 0 Å². The van der Waals surface area contributed by atoms with E-state index in [0.717, 1.165) is 24.9 Å². The maximum absolute atomic E-state index is 12.1. The first-order valence-electron chi connectivity index (χ1n) is 7.02. The number of amides is 1. The molecule has 1 amide bonds. The van der Waals surface area contributed by atoms with E-state index in [0.29, 0.717) is 6.42 Å². The normalized spacial score (nSPS) is 29.9. The number of hydrogen-bond acceptors (Lipinski definition) is 2. The molecule has 2 atom stereocenters. The number of rotatable bonds is 2. The number of nitrogens with zero attached hydrogens (tertiary/aromatic N) is 1. The summed E-state index contributed by atoms with van der Waals surface area (Å²) in [5.74, 6) is 1.91. The number of carbonyl (C=O) groups is 1. The molecule has 2 rings (SSSR count). The predicted molar refractivity (Wildman–Crippen MR) is 69.5 cm³/mol. The van der Waals surface area contributed by atoms with Crippen molar-refractivity contribution in [1.29, 1.82) is 0 Å². The number of likely N-dealkylation sites (tertiary alicyclic amines) is 1. The van der Waals surface area contributed by atoms with Crippen LogP contribution in [0.25, 0.3) is 0 Å². The van der Waals surface area contributed by atoms with Gasteiger partial charge in [0.15, 0.2) is 0 Å². The van der Waals surface area contributed by atoms with E-state index in [4.69, 9.17) is 5.73 Å². The molecule has 3 heteroatoms. The van der Waals surface area contributed by atoms with Crippen LogP contribution < -0.4 is 5.73 Å². The molecule has 3 nitrogen and oxygen atoms in total. The lowest BCUT2D eigenvalue weighted by Gasteiger charge is -2.41. The minimum absolute atomic E-state index is 0.251. The predicted octanol–water partition coefficient (Wildman–Crippen LogP) is 2.15. The maximum Gasteiger partial charge on any atom is 0.224 e. The van der Waals surface area contributed by atoms with Crippen LogP contribution in [0.4, 0.5) is 0 Å². The van der Waals surface area contributed by atoms with Gasteiger partial charge in [-0.1, -0.05) is 19.3 Å². The Morgan fingerprint density at radius 3 is 2.53 bits per heavy atom. The van der Waals surface area contributed by atoms with Crippen LogP contribution in [-0.4, -0.2) is 29.4 Å². The third kappa shape index (κ3) is 3.44. The molecule has 0 aromatic heterocycles. The molecule has 1 saturated carbocycles. The second-order valence-corrected chi connectivity index (χ2v) is 6.60. The number of piperidine rings is 1. The Labute approximate surface area is 105 Å². The number of fused-ring (bicyclic) bond motifs is 1. The third-order valence-electron chi connectivity index (χ3n) is 4.25. The fourth-order valence-corrected chi connectivity index (χ4v) is 3.33. The summed E-state index contributed by atoms with van der Waals surface area (Å²) in [7, 11) is 0. The molecular formula is C14H26N2O. The van der Waals surface area contributed by atoms with Gasteiger partial charge in [-0.2, -0.15) is 0 Å². The van der Waals surface area contributed by atoms with Gasteiger partial charge >= 0.3 is 0 Å². The van der Waals surface area contributed by atoms with E-state index in [1.807, 2.05) is 13.8 Å². The SMILES string of the molecule is CC(C)(N)CC(=O)N1CCC2CCCCC2C1. The summed E-state index contributed by atoms with van der Waals surface area (Å²) in [6, 6.07) is 0. The average molecular weight is 238 g/mol. The Hall–Kier alpha value is -0.570. The van der Waals surface area contributed by atoms with E-state index < -0.39 is 0 Å². The summed E-state index contributed by atoms with van der Waals surface area (Å²) < 4.78 is 0. The molecular weight excluding hydrogens is 212 g/mol. The van der Waals surface area contributed by atoms with Crippen LogP contribution in [0.3, 0.4) is 0 Å². The molecule has 2 unspecified atom stereocenters. The lowest BCUT2D eigenvalue weighted by Crippen LogP contribution is -2.47. The minimum Gasteiger partial charge on any atom is -0.342 e. The van der Waals surface area contributed by atoms with Gasteiger partial charge in [-0.05, 0) is 38.5 Å². The smallest absolute Gasteiger partial charge is 0.224 e. The van der Waals surface area contributed by atoms with Crippen LogP contribution in [0.2, 0.25) is 0 Å². The van der Waals surface area contributed by atoms with Crippen molar-refractivity contribution in [2.75, 3.05) is 13.1 Å². The summed E-state index contributed by atoms with van der Waals surface area (Å²) in [5, 5.41) is 0. The van der Waals surface area contributed by atoms with Crippen molar-refractivity contribution in [2.45, 2.75) is 57.9 Å². The number of nitrogens with two attached hydrogens (primary N) is 1. The van der Waals surface area contributed by atoms with Gasteiger partial charge in [0.05, 0.1) is 0 Å². The summed E-state index contributed by atoms with van der Waals surface area (Å²) in [6.45, 7) is 5.80. The molecule has 98 valence electrons. The Morgan fingerprint density at radius 1 is 1.24 bits per heavy atom. The van der Waals surface area contributed by atoms with E-state index in [2.05, 4.69) is 4.90 Å². The first kappa shape index (κ1) is 12.9. The summed E-state index contributed by atoms with van der Waals surface area (Å²) in [4.78, 5) is 14.2. The summed E-state index contributed by atoms with van der Waals surface area (Å²) >= 11 is 0. The van der Waals surface area contributed by atoms with Gasteiger partial charge in [0.25, 0.3) is 0 Å². The van der Waals surface area contributed by atoms with Crippen LogP contribution in [0.15, 0.2) is 0 Å². The first-order chi connectivity index (χ1) is 7.96. The Balaban J connectivity index is 1.89. The Kier molecular flexibility index (Phi) is 3.76. The van der Waals surface area contributed by atoms with Crippen molar-refractivity contribution >= 4 is 5.91 Å². The van der Waals surface area contributed by atoms with Crippen molar-refractivity contribution < 1.29 is 4.79 Å². The zero-order valence-electron chi connectivity index (χ0n) is 11.2. The Morgan fingerprint density at radius 2 is 1.88 bits per heavy atom. The number of carbonyl (C=O) groups excluding carboxylic acids is 1. The molecule has 1 heterocycles. The van der Waals surface area contributed by atoms with Crippen LogP contribution in [0, 0.1) is 11.8 Å². The van der Waals surface area contributed by atoms with Gasteiger partial charge in [-0.25, -0.2) is 0 Å². The fourth-order valence-electron chi connectivity index (χ4n) is 3.33. The Bertz CT molecular complexity index is 282. The van der Waals surface area contributed by atoms with Gasteiger partial charge in [-0.15, -0.1) is 0 Å². The topological polar surface area (TPSA) is 46.3 Å². The van der Waals surface area contributed by atoms with Crippen molar-refractivity contribution in [2.24, 2.45) is 17.6 Å².